The van der Waals surface area contributed by atoms with Crippen LogP contribution >= 0.6 is 11.3 Å². The van der Waals surface area contributed by atoms with E-state index in [9.17, 15) is 9.90 Å². The molecule has 0 unspecified atom stereocenters. The van der Waals surface area contributed by atoms with Gasteiger partial charge in [-0.3, -0.25) is 4.90 Å². The predicted octanol–water partition coefficient (Wildman–Crippen LogP) is 3.85. The summed E-state index contributed by atoms with van der Waals surface area (Å²) in [6.07, 6.45) is 4.25. The summed E-state index contributed by atoms with van der Waals surface area (Å²) in [5.74, 6) is -0.142. The fourth-order valence-corrected chi connectivity index (χ4v) is 3.56. The standard InChI is InChI=1S/C19H21NO3S/c21-19(22)17(18-7-4-12-24-18)14-15-5-3-6-16(13-15)23-11-10-20-8-1-2-9-20/h3-7,12-14H,1-2,8-11H2,(H,21,22)/b17-14-. The van der Waals surface area contributed by atoms with Crippen molar-refractivity contribution in [2.45, 2.75) is 12.8 Å². The van der Waals surface area contributed by atoms with Crippen LogP contribution in [0.4, 0.5) is 0 Å². The van der Waals surface area contributed by atoms with Gasteiger partial charge in [-0.15, -0.1) is 11.3 Å². The molecule has 0 atom stereocenters. The fourth-order valence-electron chi connectivity index (χ4n) is 2.83. The number of aliphatic carboxylic acids is 1. The number of carboxylic acids is 1. The largest absolute Gasteiger partial charge is 0.492 e. The molecule has 1 saturated heterocycles. The zero-order chi connectivity index (χ0) is 16.8. The highest BCUT2D eigenvalue weighted by atomic mass is 32.1. The maximum absolute atomic E-state index is 11.5. The molecule has 24 heavy (non-hydrogen) atoms. The van der Waals surface area contributed by atoms with Gasteiger partial charge in [0.15, 0.2) is 0 Å². The minimum absolute atomic E-state index is 0.305. The van der Waals surface area contributed by atoms with E-state index in [1.165, 1.54) is 24.2 Å². The number of nitrogens with zero attached hydrogens (tertiary/aromatic N) is 1. The molecule has 2 aromatic rings. The smallest absolute Gasteiger partial charge is 0.337 e. The third kappa shape index (κ3) is 4.46. The lowest BCUT2D eigenvalue weighted by Crippen LogP contribution is -2.25. The zero-order valence-electron chi connectivity index (χ0n) is 13.5. The molecule has 1 aliphatic rings. The van der Waals surface area contributed by atoms with E-state index in [-0.39, 0.29) is 0 Å². The van der Waals surface area contributed by atoms with Crippen molar-refractivity contribution in [3.8, 4) is 5.75 Å². The molecular weight excluding hydrogens is 322 g/mol. The summed E-state index contributed by atoms with van der Waals surface area (Å²) in [5.41, 5.74) is 1.14. The number of hydrogen-bond acceptors (Lipinski definition) is 4. The topological polar surface area (TPSA) is 49.8 Å². The van der Waals surface area contributed by atoms with Gasteiger partial charge in [0.2, 0.25) is 0 Å². The number of rotatable bonds is 7. The van der Waals surface area contributed by atoms with Crippen LogP contribution in [0.1, 0.15) is 23.3 Å². The van der Waals surface area contributed by atoms with Crippen molar-refractivity contribution >= 4 is 29.0 Å². The van der Waals surface area contributed by atoms with E-state index in [4.69, 9.17) is 4.74 Å². The van der Waals surface area contributed by atoms with E-state index < -0.39 is 5.97 Å². The van der Waals surface area contributed by atoms with Gasteiger partial charge in [0.05, 0.1) is 5.57 Å². The highest BCUT2D eigenvalue weighted by Crippen LogP contribution is 2.24. The van der Waals surface area contributed by atoms with Crippen molar-refractivity contribution in [2.24, 2.45) is 0 Å². The Bertz CT molecular complexity index is 703. The lowest BCUT2D eigenvalue weighted by Gasteiger charge is -2.15. The Morgan fingerprint density at radius 2 is 2.08 bits per heavy atom. The molecule has 0 amide bonds. The summed E-state index contributed by atoms with van der Waals surface area (Å²) in [6, 6.07) is 11.3. The van der Waals surface area contributed by atoms with Gasteiger partial charge in [-0.2, -0.15) is 0 Å². The van der Waals surface area contributed by atoms with Crippen LogP contribution in [-0.4, -0.2) is 42.2 Å². The molecule has 0 aliphatic carbocycles. The van der Waals surface area contributed by atoms with E-state index in [0.29, 0.717) is 12.2 Å². The first-order valence-corrected chi connectivity index (χ1v) is 9.04. The summed E-state index contributed by atoms with van der Waals surface area (Å²) in [7, 11) is 0. The monoisotopic (exact) mass is 343 g/mol. The van der Waals surface area contributed by atoms with Crippen molar-refractivity contribution in [3.05, 3.63) is 52.2 Å². The first kappa shape index (κ1) is 16.7. The zero-order valence-corrected chi connectivity index (χ0v) is 14.3. The van der Waals surface area contributed by atoms with E-state index in [1.54, 1.807) is 6.08 Å². The van der Waals surface area contributed by atoms with Crippen LogP contribution in [-0.2, 0) is 4.79 Å². The van der Waals surface area contributed by atoms with E-state index in [1.807, 2.05) is 41.8 Å². The van der Waals surface area contributed by atoms with E-state index in [2.05, 4.69) is 4.90 Å². The van der Waals surface area contributed by atoms with Crippen LogP contribution in [0.2, 0.25) is 0 Å². The van der Waals surface area contributed by atoms with Gasteiger partial charge in [-0.05, 0) is 61.1 Å². The average molecular weight is 343 g/mol. The highest BCUT2D eigenvalue weighted by molar-refractivity contribution is 7.11. The van der Waals surface area contributed by atoms with Crippen molar-refractivity contribution < 1.29 is 14.6 Å². The third-order valence-electron chi connectivity index (χ3n) is 4.06. The average Bonchev–Trinajstić information content (AvgIpc) is 3.26. The summed E-state index contributed by atoms with van der Waals surface area (Å²) in [4.78, 5) is 14.7. The summed E-state index contributed by atoms with van der Waals surface area (Å²) in [6.45, 7) is 3.92. The molecule has 1 aromatic carbocycles. The molecule has 4 nitrogen and oxygen atoms in total. The second kappa shape index (κ2) is 8.13. The molecule has 1 N–H and O–H groups in total. The van der Waals surface area contributed by atoms with Crippen molar-refractivity contribution in [1.29, 1.82) is 0 Å². The second-order valence-corrected chi connectivity index (χ2v) is 6.76. The van der Waals surface area contributed by atoms with Gasteiger partial charge in [0.1, 0.15) is 12.4 Å². The maximum Gasteiger partial charge on any atom is 0.337 e. The van der Waals surface area contributed by atoms with Crippen molar-refractivity contribution in [3.63, 3.8) is 0 Å². The van der Waals surface area contributed by atoms with Crippen LogP contribution in [0.5, 0.6) is 5.75 Å². The number of ether oxygens (including phenoxy) is 1. The molecule has 126 valence electrons. The number of carboxylic acid groups (broad SMARTS) is 1. The molecule has 3 rings (SSSR count). The third-order valence-corrected chi connectivity index (χ3v) is 4.96. The van der Waals surface area contributed by atoms with E-state index >= 15 is 0 Å². The Morgan fingerprint density at radius 1 is 1.25 bits per heavy atom. The van der Waals surface area contributed by atoms with Crippen molar-refractivity contribution in [1.82, 2.24) is 4.90 Å². The molecule has 5 heteroatoms. The van der Waals surface area contributed by atoms with Crippen LogP contribution in [0, 0.1) is 0 Å². The lowest BCUT2D eigenvalue weighted by molar-refractivity contribution is -0.130. The summed E-state index contributed by atoms with van der Waals surface area (Å²) in [5, 5.41) is 11.3. The Labute approximate surface area is 146 Å². The highest BCUT2D eigenvalue weighted by Gasteiger charge is 2.12. The van der Waals surface area contributed by atoms with Gasteiger partial charge in [-0.1, -0.05) is 18.2 Å². The minimum atomic E-state index is -0.919. The van der Waals surface area contributed by atoms with Crippen LogP contribution in [0.15, 0.2) is 41.8 Å². The number of benzene rings is 1. The van der Waals surface area contributed by atoms with Crippen LogP contribution in [0.3, 0.4) is 0 Å². The second-order valence-electron chi connectivity index (χ2n) is 5.81. The van der Waals surface area contributed by atoms with Crippen LogP contribution in [0.25, 0.3) is 11.6 Å². The number of likely N-dealkylation sites (tertiary alicyclic amines) is 1. The molecule has 0 radical (unpaired) electrons. The van der Waals surface area contributed by atoms with Crippen LogP contribution < -0.4 is 4.74 Å². The Kier molecular flexibility index (Phi) is 5.67. The maximum atomic E-state index is 11.5. The Hall–Kier alpha value is -2.11. The Balaban J connectivity index is 1.67. The van der Waals surface area contributed by atoms with Gasteiger partial charge in [0, 0.05) is 11.4 Å². The summed E-state index contributed by atoms with van der Waals surface area (Å²) < 4.78 is 5.83. The molecule has 2 heterocycles. The predicted molar refractivity (Wildman–Crippen MR) is 97.4 cm³/mol. The molecule has 1 aromatic heterocycles. The van der Waals surface area contributed by atoms with Gasteiger partial charge < -0.3 is 9.84 Å². The number of carbonyl (C=O) groups is 1. The lowest BCUT2D eigenvalue weighted by atomic mass is 10.1. The number of hydrogen-bond donors (Lipinski definition) is 1. The molecular formula is C19H21NO3S. The first-order valence-electron chi connectivity index (χ1n) is 8.16. The van der Waals surface area contributed by atoms with Gasteiger partial charge in [-0.25, -0.2) is 4.79 Å². The first-order chi connectivity index (χ1) is 11.7. The minimum Gasteiger partial charge on any atom is -0.492 e. The van der Waals surface area contributed by atoms with Gasteiger partial charge in [0.25, 0.3) is 0 Å². The molecule has 1 fully saturated rings. The normalized spacial score (nSPS) is 15.6. The quantitative estimate of drug-likeness (QED) is 0.776. The summed E-state index contributed by atoms with van der Waals surface area (Å²) >= 11 is 1.42. The SMILES string of the molecule is O=C(O)/C(=C\c1cccc(OCCN2CCCC2)c1)c1cccs1. The molecule has 0 saturated carbocycles. The molecule has 1 aliphatic heterocycles. The molecule has 0 bridgehead atoms. The fraction of sp³-hybridized carbons (Fsp3) is 0.316. The Morgan fingerprint density at radius 3 is 2.79 bits per heavy atom. The van der Waals surface area contributed by atoms with Gasteiger partial charge >= 0.3 is 5.97 Å². The van der Waals surface area contributed by atoms with E-state index in [0.717, 1.165) is 35.8 Å². The number of thiophene rings is 1. The molecule has 0 spiro atoms. The van der Waals surface area contributed by atoms with Crippen molar-refractivity contribution in [2.75, 3.05) is 26.2 Å².